The van der Waals surface area contributed by atoms with Gasteiger partial charge in [-0.05, 0) is 62.1 Å². The number of aromatic nitrogens is 1. The highest BCUT2D eigenvalue weighted by atomic mass is 32.2. The van der Waals surface area contributed by atoms with E-state index in [0.29, 0.717) is 5.96 Å². The minimum atomic E-state index is -0.407. The lowest BCUT2D eigenvalue weighted by Gasteiger charge is -2.45. The van der Waals surface area contributed by atoms with E-state index in [9.17, 15) is 0 Å². The molecule has 0 saturated heterocycles. The number of hydrogen-bond donors (Lipinski definition) is 2. The predicted octanol–water partition coefficient (Wildman–Crippen LogP) is 4.56. The molecule has 148 valence electrons. The van der Waals surface area contributed by atoms with Crippen LogP contribution in [0.4, 0.5) is 5.69 Å². The molecule has 0 unspecified atom stereocenters. The molecule has 5 rings (SSSR count). The van der Waals surface area contributed by atoms with Crippen molar-refractivity contribution in [2.75, 3.05) is 4.90 Å². The van der Waals surface area contributed by atoms with Gasteiger partial charge >= 0.3 is 0 Å². The van der Waals surface area contributed by atoms with Gasteiger partial charge in [0.2, 0.25) is 11.9 Å². The van der Waals surface area contributed by atoms with E-state index < -0.39 is 5.66 Å². The quantitative estimate of drug-likeness (QED) is 0.645. The molecule has 1 aromatic heterocycles. The first-order valence-corrected chi connectivity index (χ1v) is 11.4. The van der Waals surface area contributed by atoms with Gasteiger partial charge in [0.1, 0.15) is 5.66 Å². The summed E-state index contributed by atoms with van der Waals surface area (Å²) < 4.78 is 2.25. The van der Waals surface area contributed by atoms with Crippen LogP contribution in [-0.4, -0.2) is 22.6 Å². The van der Waals surface area contributed by atoms with Crippen molar-refractivity contribution in [2.24, 2.45) is 21.5 Å². The number of hydrogen-bond acceptors (Lipinski definition) is 8. The summed E-state index contributed by atoms with van der Waals surface area (Å²) in [5.41, 5.74) is 13.9. The number of anilines is 1. The number of nitrogens with zero attached hydrogens (tertiary/aromatic N) is 4. The molecule has 6 nitrogen and oxygen atoms in total. The molecule has 0 radical (unpaired) electrons. The fourth-order valence-electron chi connectivity index (χ4n) is 4.15. The molecule has 1 aliphatic heterocycles. The Hall–Kier alpha value is -2.58. The van der Waals surface area contributed by atoms with Crippen LogP contribution in [0.3, 0.4) is 0 Å². The molecule has 2 aliphatic rings. The van der Waals surface area contributed by atoms with Crippen LogP contribution in [0.25, 0.3) is 10.2 Å². The van der Waals surface area contributed by atoms with Crippen molar-refractivity contribution in [3.05, 3.63) is 48.5 Å². The summed E-state index contributed by atoms with van der Waals surface area (Å²) in [4.78, 5) is 16.9. The molecular formula is C21H22N6S2. The molecule has 3 aromatic rings. The lowest BCUT2D eigenvalue weighted by atomic mass is 9.87. The van der Waals surface area contributed by atoms with Gasteiger partial charge in [-0.15, -0.1) is 11.3 Å². The molecule has 8 heteroatoms. The molecule has 2 aromatic carbocycles. The molecule has 1 spiro atoms. The van der Waals surface area contributed by atoms with E-state index in [1.807, 2.05) is 18.2 Å². The zero-order valence-electron chi connectivity index (χ0n) is 15.9. The second-order valence-corrected chi connectivity index (χ2v) is 9.71. The summed E-state index contributed by atoms with van der Waals surface area (Å²) in [5, 5.41) is 0. The van der Waals surface area contributed by atoms with Crippen LogP contribution in [0.5, 0.6) is 0 Å². The van der Waals surface area contributed by atoms with E-state index in [0.717, 1.165) is 46.1 Å². The van der Waals surface area contributed by atoms with Crippen molar-refractivity contribution in [1.82, 2.24) is 4.98 Å². The Labute approximate surface area is 177 Å². The maximum atomic E-state index is 6.31. The number of fused-ring (bicyclic) bond motifs is 1. The van der Waals surface area contributed by atoms with E-state index in [1.54, 1.807) is 23.1 Å². The van der Waals surface area contributed by atoms with Crippen molar-refractivity contribution >= 4 is 50.9 Å². The number of aliphatic imine (C=N–C) groups is 2. The Morgan fingerprint density at radius 1 is 0.966 bits per heavy atom. The Bertz CT molecular complexity index is 1060. The molecule has 2 heterocycles. The van der Waals surface area contributed by atoms with Gasteiger partial charge in [0.25, 0.3) is 0 Å². The summed E-state index contributed by atoms with van der Waals surface area (Å²) in [6.45, 7) is 0. The third-order valence-electron chi connectivity index (χ3n) is 5.43. The molecule has 0 atom stereocenters. The summed E-state index contributed by atoms with van der Waals surface area (Å²) in [7, 11) is 0. The van der Waals surface area contributed by atoms with Gasteiger partial charge in [0, 0.05) is 10.6 Å². The standard InChI is InChI=1S/C21H22N6S2/c22-18-25-19(23)27(21(26-18)12-4-1-5-13-21)14-8-10-15(11-9-14)28-20-24-16-6-2-3-7-17(16)29-20/h2-3,6-11H,1,4-5,12-13H2,(H4,22,23,25,26). The molecule has 0 amide bonds. The van der Waals surface area contributed by atoms with E-state index in [2.05, 4.69) is 40.2 Å². The molecule has 29 heavy (non-hydrogen) atoms. The smallest absolute Gasteiger partial charge is 0.220 e. The first kappa shape index (κ1) is 18.4. The normalized spacial score (nSPS) is 18.7. The molecule has 0 bridgehead atoms. The van der Waals surface area contributed by atoms with Crippen molar-refractivity contribution in [1.29, 1.82) is 0 Å². The van der Waals surface area contributed by atoms with Crippen LogP contribution in [-0.2, 0) is 0 Å². The molecule has 4 N–H and O–H groups in total. The van der Waals surface area contributed by atoms with Crippen molar-refractivity contribution in [3.8, 4) is 0 Å². The lowest BCUT2D eigenvalue weighted by Crippen LogP contribution is -2.58. The maximum Gasteiger partial charge on any atom is 0.220 e. The first-order chi connectivity index (χ1) is 14.1. The molecular weight excluding hydrogens is 400 g/mol. The van der Waals surface area contributed by atoms with Gasteiger partial charge in [-0.25, -0.2) is 9.98 Å². The zero-order chi connectivity index (χ0) is 19.8. The Balaban J connectivity index is 1.42. The summed E-state index contributed by atoms with van der Waals surface area (Å²) >= 11 is 3.39. The van der Waals surface area contributed by atoms with Crippen LogP contribution in [0.2, 0.25) is 0 Å². The number of nitrogens with two attached hydrogens (primary N) is 2. The average Bonchev–Trinajstić information content (AvgIpc) is 3.11. The Kier molecular flexibility index (Phi) is 4.67. The van der Waals surface area contributed by atoms with Crippen LogP contribution in [0.15, 0.2) is 67.8 Å². The van der Waals surface area contributed by atoms with Crippen molar-refractivity contribution in [3.63, 3.8) is 0 Å². The Morgan fingerprint density at radius 3 is 2.48 bits per heavy atom. The highest BCUT2D eigenvalue weighted by Gasteiger charge is 2.42. The SMILES string of the molecule is NC1=NC2(CCCCC2)N(c2ccc(Sc3nc4ccccc4s3)cc2)C(N)=N1. The van der Waals surface area contributed by atoms with Gasteiger partial charge in [0.05, 0.1) is 10.2 Å². The molecule has 1 fully saturated rings. The topological polar surface area (TPSA) is 92.9 Å². The maximum absolute atomic E-state index is 6.31. The summed E-state index contributed by atoms with van der Waals surface area (Å²) in [5.74, 6) is 0.703. The monoisotopic (exact) mass is 422 g/mol. The third kappa shape index (κ3) is 3.47. The van der Waals surface area contributed by atoms with Crippen molar-refractivity contribution in [2.45, 2.75) is 47.0 Å². The van der Waals surface area contributed by atoms with Gasteiger partial charge < -0.3 is 11.5 Å². The van der Waals surface area contributed by atoms with Gasteiger partial charge in [-0.1, -0.05) is 30.3 Å². The number of thiazole rings is 1. The van der Waals surface area contributed by atoms with E-state index in [1.165, 1.54) is 11.1 Å². The number of rotatable bonds is 3. The third-order valence-corrected chi connectivity index (χ3v) is 7.53. The lowest BCUT2D eigenvalue weighted by molar-refractivity contribution is 0.305. The number of para-hydroxylation sites is 1. The van der Waals surface area contributed by atoms with E-state index >= 15 is 0 Å². The fourth-order valence-corrected chi connectivity index (χ4v) is 6.19. The van der Waals surface area contributed by atoms with Crippen LogP contribution in [0, 0.1) is 0 Å². The zero-order valence-corrected chi connectivity index (χ0v) is 17.5. The minimum Gasteiger partial charge on any atom is -0.369 e. The van der Waals surface area contributed by atoms with Crippen LogP contribution < -0.4 is 16.4 Å². The average molecular weight is 423 g/mol. The summed E-state index contributed by atoms with van der Waals surface area (Å²) in [6.07, 6.45) is 5.33. The fraction of sp³-hybridized carbons (Fsp3) is 0.286. The molecule has 1 saturated carbocycles. The second kappa shape index (κ2) is 7.35. The van der Waals surface area contributed by atoms with Crippen LogP contribution >= 0.6 is 23.1 Å². The predicted molar refractivity (Wildman–Crippen MR) is 122 cm³/mol. The largest absolute Gasteiger partial charge is 0.369 e. The van der Waals surface area contributed by atoms with Gasteiger partial charge in [-0.2, -0.15) is 4.99 Å². The van der Waals surface area contributed by atoms with Gasteiger partial charge in [0.15, 0.2) is 4.34 Å². The number of guanidine groups is 2. The van der Waals surface area contributed by atoms with Gasteiger partial charge in [-0.3, -0.25) is 4.90 Å². The van der Waals surface area contributed by atoms with Crippen LogP contribution in [0.1, 0.15) is 32.1 Å². The highest BCUT2D eigenvalue weighted by Crippen LogP contribution is 2.40. The highest BCUT2D eigenvalue weighted by molar-refractivity contribution is 8.01. The van der Waals surface area contributed by atoms with Crippen molar-refractivity contribution < 1.29 is 0 Å². The summed E-state index contributed by atoms with van der Waals surface area (Å²) in [6, 6.07) is 16.6. The van der Waals surface area contributed by atoms with E-state index in [4.69, 9.17) is 21.4 Å². The molecule has 1 aliphatic carbocycles. The second-order valence-electron chi connectivity index (χ2n) is 7.36. The minimum absolute atomic E-state index is 0.281. The Morgan fingerprint density at radius 2 is 1.72 bits per heavy atom. The first-order valence-electron chi connectivity index (χ1n) is 9.76. The number of benzene rings is 2. The van der Waals surface area contributed by atoms with E-state index in [-0.39, 0.29) is 5.96 Å².